The molecule has 0 aliphatic heterocycles. The number of fused-ring (bicyclic) bond motifs is 1. The van der Waals surface area contributed by atoms with Crippen molar-refractivity contribution < 1.29 is 0 Å². The van der Waals surface area contributed by atoms with Gasteiger partial charge in [0, 0.05) is 22.0 Å². The predicted molar refractivity (Wildman–Crippen MR) is 66.9 cm³/mol. The highest BCUT2D eigenvalue weighted by molar-refractivity contribution is 9.10. The van der Waals surface area contributed by atoms with Crippen LogP contribution in [0, 0.1) is 6.92 Å². The van der Waals surface area contributed by atoms with Crippen molar-refractivity contribution in [1.29, 1.82) is 0 Å². The number of rotatable bonds is 2. The van der Waals surface area contributed by atoms with Crippen LogP contribution in [0.2, 0.25) is 0 Å². The van der Waals surface area contributed by atoms with Crippen LogP contribution in [0.3, 0.4) is 0 Å². The Morgan fingerprint density at radius 3 is 2.87 bits per heavy atom. The first-order valence-electron chi connectivity index (χ1n) is 4.96. The molecule has 0 saturated carbocycles. The second-order valence-electron chi connectivity index (χ2n) is 3.63. The van der Waals surface area contributed by atoms with Gasteiger partial charge in [0.05, 0.1) is 5.52 Å². The minimum Gasteiger partial charge on any atom is -0.330 e. The Morgan fingerprint density at radius 1 is 1.33 bits per heavy atom. The summed E-state index contributed by atoms with van der Waals surface area (Å²) in [5.74, 6) is 0. The topological polar surface area (TPSA) is 38.9 Å². The third kappa shape index (κ3) is 2.19. The first-order chi connectivity index (χ1) is 7.20. The first-order valence-corrected chi connectivity index (χ1v) is 5.76. The SMILES string of the molecule is Cc1cc(CCN)nc2ccc(Br)cc12. The van der Waals surface area contributed by atoms with Gasteiger partial charge in [-0.25, -0.2) is 0 Å². The van der Waals surface area contributed by atoms with E-state index in [9.17, 15) is 0 Å². The van der Waals surface area contributed by atoms with E-state index in [0.717, 1.165) is 22.1 Å². The van der Waals surface area contributed by atoms with Gasteiger partial charge in [-0.3, -0.25) is 4.98 Å². The van der Waals surface area contributed by atoms with Gasteiger partial charge < -0.3 is 5.73 Å². The number of aromatic nitrogens is 1. The summed E-state index contributed by atoms with van der Waals surface area (Å²) in [5, 5.41) is 1.20. The Balaban J connectivity index is 2.62. The fourth-order valence-electron chi connectivity index (χ4n) is 1.71. The van der Waals surface area contributed by atoms with Crippen molar-refractivity contribution in [3.05, 3.63) is 40.0 Å². The zero-order valence-electron chi connectivity index (χ0n) is 8.63. The highest BCUT2D eigenvalue weighted by atomic mass is 79.9. The van der Waals surface area contributed by atoms with Crippen molar-refractivity contribution in [3.8, 4) is 0 Å². The maximum Gasteiger partial charge on any atom is 0.0708 e. The van der Waals surface area contributed by atoms with E-state index in [4.69, 9.17) is 5.73 Å². The molecule has 0 amide bonds. The number of hydrogen-bond acceptors (Lipinski definition) is 2. The fourth-order valence-corrected chi connectivity index (χ4v) is 2.07. The molecule has 1 heterocycles. The summed E-state index contributed by atoms with van der Waals surface area (Å²) in [6.45, 7) is 2.75. The van der Waals surface area contributed by atoms with Crippen LogP contribution in [0.4, 0.5) is 0 Å². The summed E-state index contributed by atoms with van der Waals surface area (Å²) in [4.78, 5) is 4.57. The maximum atomic E-state index is 5.53. The fraction of sp³-hybridized carbons (Fsp3) is 0.250. The predicted octanol–water partition coefficient (Wildman–Crippen LogP) is 2.81. The normalized spacial score (nSPS) is 10.9. The molecule has 0 spiro atoms. The summed E-state index contributed by atoms with van der Waals surface area (Å²) in [6.07, 6.45) is 0.840. The lowest BCUT2D eigenvalue weighted by Crippen LogP contribution is -2.04. The lowest BCUT2D eigenvalue weighted by atomic mass is 10.1. The second kappa shape index (κ2) is 4.29. The highest BCUT2D eigenvalue weighted by Crippen LogP contribution is 2.22. The Bertz CT molecular complexity index is 494. The van der Waals surface area contributed by atoms with Gasteiger partial charge in [-0.15, -0.1) is 0 Å². The van der Waals surface area contributed by atoms with Crippen molar-refractivity contribution >= 4 is 26.8 Å². The molecule has 3 heteroatoms. The molecule has 0 bridgehead atoms. The quantitative estimate of drug-likeness (QED) is 0.906. The Labute approximate surface area is 97.6 Å². The standard InChI is InChI=1S/C12H13BrN2/c1-8-6-10(4-5-14)15-12-3-2-9(13)7-11(8)12/h2-3,6-7H,4-5,14H2,1H3. The lowest BCUT2D eigenvalue weighted by molar-refractivity contribution is 0.930. The molecule has 1 aromatic carbocycles. The van der Waals surface area contributed by atoms with Gasteiger partial charge in [-0.2, -0.15) is 0 Å². The van der Waals surface area contributed by atoms with Crippen LogP contribution in [0.15, 0.2) is 28.7 Å². The van der Waals surface area contributed by atoms with E-state index in [1.165, 1.54) is 10.9 Å². The van der Waals surface area contributed by atoms with Crippen molar-refractivity contribution in [2.45, 2.75) is 13.3 Å². The van der Waals surface area contributed by atoms with Crippen molar-refractivity contribution in [2.24, 2.45) is 5.73 Å². The molecule has 2 aromatic rings. The summed E-state index contributed by atoms with van der Waals surface area (Å²) < 4.78 is 1.09. The van der Waals surface area contributed by atoms with Crippen LogP contribution in [0.5, 0.6) is 0 Å². The molecule has 0 fully saturated rings. The number of aryl methyl sites for hydroxylation is 1. The molecule has 0 atom stereocenters. The van der Waals surface area contributed by atoms with Gasteiger partial charge in [0.1, 0.15) is 0 Å². The summed E-state index contributed by atoms with van der Waals surface area (Å²) in [6, 6.07) is 8.26. The monoisotopic (exact) mass is 264 g/mol. The van der Waals surface area contributed by atoms with Crippen molar-refractivity contribution in [3.63, 3.8) is 0 Å². The number of hydrogen-bond donors (Lipinski definition) is 1. The zero-order chi connectivity index (χ0) is 10.8. The minimum atomic E-state index is 0.647. The Kier molecular flexibility index (Phi) is 3.03. The van der Waals surface area contributed by atoms with Gasteiger partial charge in [0.15, 0.2) is 0 Å². The van der Waals surface area contributed by atoms with E-state index < -0.39 is 0 Å². The molecular weight excluding hydrogens is 252 g/mol. The third-order valence-electron chi connectivity index (χ3n) is 2.43. The first kappa shape index (κ1) is 10.6. The average molecular weight is 265 g/mol. The van der Waals surface area contributed by atoms with Gasteiger partial charge >= 0.3 is 0 Å². The molecule has 0 aliphatic rings. The molecule has 15 heavy (non-hydrogen) atoms. The van der Waals surface area contributed by atoms with E-state index in [1.54, 1.807) is 0 Å². The average Bonchev–Trinajstić information content (AvgIpc) is 2.20. The van der Waals surface area contributed by atoms with Crippen LogP contribution in [-0.2, 0) is 6.42 Å². The number of nitrogens with zero attached hydrogens (tertiary/aromatic N) is 1. The molecule has 2 rings (SSSR count). The largest absolute Gasteiger partial charge is 0.330 e. The summed E-state index contributed by atoms with van der Waals surface area (Å²) in [7, 11) is 0. The zero-order valence-corrected chi connectivity index (χ0v) is 10.2. The van der Waals surface area contributed by atoms with E-state index in [-0.39, 0.29) is 0 Å². The molecule has 1 aromatic heterocycles. The van der Waals surface area contributed by atoms with Gasteiger partial charge in [0.25, 0.3) is 0 Å². The van der Waals surface area contributed by atoms with Crippen molar-refractivity contribution in [2.75, 3.05) is 6.54 Å². The number of pyridine rings is 1. The van der Waals surface area contributed by atoms with E-state index >= 15 is 0 Å². The van der Waals surface area contributed by atoms with E-state index in [0.29, 0.717) is 6.54 Å². The maximum absolute atomic E-state index is 5.53. The van der Waals surface area contributed by atoms with Gasteiger partial charge in [-0.1, -0.05) is 15.9 Å². The Morgan fingerprint density at radius 2 is 2.13 bits per heavy atom. The van der Waals surface area contributed by atoms with Crippen LogP contribution < -0.4 is 5.73 Å². The number of nitrogens with two attached hydrogens (primary N) is 1. The molecule has 0 radical (unpaired) electrons. The molecular formula is C12H13BrN2. The molecule has 2 nitrogen and oxygen atoms in total. The minimum absolute atomic E-state index is 0.647. The van der Waals surface area contributed by atoms with Crippen LogP contribution in [0.1, 0.15) is 11.3 Å². The van der Waals surface area contributed by atoms with E-state index in [1.807, 2.05) is 12.1 Å². The summed E-state index contributed by atoms with van der Waals surface area (Å²) >= 11 is 3.47. The van der Waals surface area contributed by atoms with Gasteiger partial charge in [0.2, 0.25) is 0 Å². The third-order valence-corrected chi connectivity index (χ3v) is 2.92. The van der Waals surface area contributed by atoms with E-state index in [2.05, 4.69) is 40.0 Å². The molecule has 0 unspecified atom stereocenters. The van der Waals surface area contributed by atoms with Crippen LogP contribution in [-0.4, -0.2) is 11.5 Å². The molecule has 2 N–H and O–H groups in total. The number of halogens is 1. The second-order valence-corrected chi connectivity index (χ2v) is 4.55. The molecule has 78 valence electrons. The molecule has 0 saturated heterocycles. The van der Waals surface area contributed by atoms with Crippen LogP contribution in [0.25, 0.3) is 10.9 Å². The van der Waals surface area contributed by atoms with Crippen LogP contribution >= 0.6 is 15.9 Å². The molecule has 0 aliphatic carbocycles. The smallest absolute Gasteiger partial charge is 0.0708 e. The van der Waals surface area contributed by atoms with Crippen molar-refractivity contribution in [1.82, 2.24) is 4.98 Å². The Hall–Kier alpha value is -0.930. The lowest BCUT2D eigenvalue weighted by Gasteiger charge is -2.05. The highest BCUT2D eigenvalue weighted by Gasteiger charge is 2.02. The van der Waals surface area contributed by atoms with Gasteiger partial charge in [-0.05, 0) is 43.3 Å². The number of benzene rings is 1. The summed E-state index contributed by atoms with van der Waals surface area (Å²) in [5.41, 5.74) is 8.90.